The van der Waals surface area contributed by atoms with Crippen molar-refractivity contribution in [2.75, 3.05) is 6.54 Å². The van der Waals surface area contributed by atoms with Gasteiger partial charge in [-0.3, -0.25) is 0 Å². The van der Waals surface area contributed by atoms with Gasteiger partial charge in [-0.15, -0.1) is 0 Å². The summed E-state index contributed by atoms with van der Waals surface area (Å²) in [6, 6.07) is 7.88. The number of hydrogen-bond acceptors (Lipinski definition) is 2. The minimum Gasteiger partial charge on any atom is -0.389 e. The highest BCUT2D eigenvalue weighted by atomic mass is 79.9. The van der Waals surface area contributed by atoms with E-state index in [2.05, 4.69) is 15.9 Å². The smallest absolute Gasteiger partial charge is 0.0781 e. The van der Waals surface area contributed by atoms with Gasteiger partial charge in [0.25, 0.3) is 0 Å². The van der Waals surface area contributed by atoms with Gasteiger partial charge in [-0.1, -0.05) is 28.1 Å². The Morgan fingerprint density at radius 2 is 1.92 bits per heavy atom. The summed E-state index contributed by atoms with van der Waals surface area (Å²) in [6.07, 6.45) is 0.594. The molecule has 0 spiro atoms. The van der Waals surface area contributed by atoms with Gasteiger partial charge < -0.3 is 10.8 Å². The first-order valence-corrected chi connectivity index (χ1v) is 5.00. The zero-order chi connectivity index (χ0) is 9.90. The Kier molecular flexibility index (Phi) is 3.47. The van der Waals surface area contributed by atoms with Crippen molar-refractivity contribution in [1.82, 2.24) is 0 Å². The fourth-order valence-corrected chi connectivity index (χ4v) is 1.38. The average molecular weight is 244 g/mol. The molecular formula is C10H14BrNO. The number of benzene rings is 1. The zero-order valence-corrected chi connectivity index (χ0v) is 9.21. The van der Waals surface area contributed by atoms with Crippen LogP contribution in [0.15, 0.2) is 28.7 Å². The first kappa shape index (κ1) is 10.7. The Labute approximate surface area is 86.9 Å². The van der Waals surface area contributed by atoms with Gasteiger partial charge in [0.1, 0.15) is 0 Å². The minimum atomic E-state index is -0.798. The molecule has 1 aromatic rings. The maximum Gasteiger partial charge on any atom is 0.0781 e. The lowest BCUT2D eigenvalue weighted by Crippen LogP contribution is -2.36. The number of halogens is 1. The summed E-state index contributed by atoms with van der Waals surface area (Å²) < 4.78 is 1.05. The van der Waals surface area contributed by atoms with Crippen molar-refractivity contribution in [3.05, 3.63) is 34.3 Å². The average Bonchev–Trinajstić information content (AvgIpc) is 2.09. The highest BCUT2D eigenvalue weighted by Crippen LogP contribution is 2.15. The van der Waals surface area contributed by atoms with E-state index >= 15 is 0 Å². The summed E-state index contributed by atoms with van der Waals surface area (Å²) in [5.74, 6) is 0. The van der Waals surface area contributed by atoms with E-state index < -0.39 is 5.60 Å². The van der Waals surface area contributed by atoms with Crippen molar-refractivity contribution in [3.63, 3.8) is 0 Å². The van der Waals surface area contributed by atoms with Crippen molar-refractivity contribution in [2.24, 2.45) is 5.73 Å². The second-order valence-corrected chi connectivity index (χ2v) is 4.42. The third kappa shape index (κ3) is 3.46. The van der Waals surface area contributed by atoms with Gasteiger partial charge in [0.2, 0.25) is 0 Å². The molecule has 0 radical (unpaired) electrons. The molecule has 13 heavy (non-hydrogen) atoms. The van der Waals surface area contributed by atoms with Gasteiger partial charge in [0, 0.05) is 17.4 Å². The van der Waals surface area contributed by atoms with E-state index in [0.717, 1.165) is 10.0 Å². The Balaban J connectivity index is 2.69. The van der Waals surface area contributed by atoms with Crippen LogP contribution in [0, 0.1) is 0 Å². The first-order chi connectivity index (χ1) is 6.03. The molecule has 0 fully saturated rings. The zero-order valence-electron chi connectivity index (χ0n) is 7.63. The highest BCUT2D eigenvalue weighted by Gasteiger charge is 2.17. The number of nitrogens with two attached hydrogens (primary N) is 1. The molecule has 0 bridgehead atoms. The van der Waals surface area contributed by atoms with E-state index in [1.54, 1.807) is 6.92 Å². The van der Waals surface area contributed by atoms with E-state index in [0.29, 0.717) is 6.42 Å². The lowest BCUT2D eigenvalue weighted by atomic mass is 9.97. The molecule has 0 aliphatic rings. The summed E-state index contributed by atoms with van der Waals surface area (Å²) in [5, 5.41) is 9.71. The van der Waals surface area contributed by atoms with E-state index in [1.807, 2.05) is 24.3 Å². The molecule has 2 nitrogen and oxygen atoms in total. The Hall–Kier alpha value is -0.380. The monoisotopic (exact) mass is 243 g/mol. The van der Waals surface area contributed by atoms with E-state index in [-0.39, 0.29) is 6.54 Å². The molecule has 0 saturated carbocycles. The van der Waals surface area contributed by atoms with Crippen LogP contribution in [0.1, 0.15) is 12.5 Å². The van der Waals surface area contributed by atoms with Crippen LogP contribution in [0.3, 0.4) is 0 Å². The highest BCUT2D eigenvalue weighted by molar-refractivity contribution is 9.10. The lowest BCUT2D eigenvalue weighted by Gasteiger charge is -2.20. The topological polar surface area (TPSA) is 46.2 Å². The second-order valence-electron chi connectivity index (χ2n) is 3.50. The van der Waals surface area contributed by atoms with Crippen LogP contribution in [0.4, 0.5) is 0 Å². The molecular weight excluding hydrogens is 230 g/mol. The molecule has 0 amide bonds. The minimum absolute atomic E-state index is 0.281. The van der Waals surface area contributed by atoms with Gasteiger partial charge in [0.05, 0.1) is 5.60 Å². The third-order valence-corrected chi connectivity index (χ3v) is 2.47. The third-order valence-electron chi connectivity index (χ3n) is 1.94. The normalized spacial score (nSPS) is 15.4. The first-order valence-electron chi connectivity index (χ1n) is 4.20. The second kappa shape index (κ2) is 4.22. The maximum absolute atomic E-state index is 9.71. The maximum atomic E-state index is 9.71. The standard InChI is InChI=1S/C10H14BrNO/c1-10(13,7-12)6-8-2-4-9(11)5-3-8/h2-5,13H,6-7,12H2,1H3. The Bertz CT molecular complexity index is 269. The molecule has 72 valence electrons. The molecule has 1 unspecified atom stereocenters. The molecule has 0 aliphatic carbocycles. The van der Waals surface area contributed by atoms with Crippen LogP contribution in [0.2, 0.25) is 0 Å². The van der Waals surface area contributed by atoms with Gasteiger partial charge in [0.15, 0.2) is 0 Å². The predicted molar refractivity (Wildman–Crippen MR) is 57.5 cm³/mol. The molecule has 0 heterocycles. The van der Waals surface area contributed by atoms with Crippen molar-refractivity contribution in [3.8, 4) is 0 Å². The van der Waals surface area contributed by atoms with Gasteiger partial charge in [-0.05, 0) is 24.6 Å². The van der Waals surface area contributed by atoms with E-state index in [4.69, 9.17) is 5.73 Å². The summed E-state index contributed by atoms with van der Waals surface area (Å²) in [5.41, 5.74) is 5.72. The van der Waals surface area contributed by atoms with Crippen LogP contribution in [-0.2, 0) is 6.42 Å². The molecule has 0 aromatic heterocycles. The van der Waals surface area contributed by atoms with Crippen LogP contribution >= 0.6 is 15.9 Å². The molecule has 1 atom stereocenters. The SMILES string of the molecule is CC(O)(CN)Cc1ccc(Br)cc1. The molecule has 3 heteroatoms. The molecule has 1 aromatic carbocycles. The number of aliphatic hydroxyl groups is 1. The summed E-state index contributed by atoms with van der Waals surface area (Å²) >= 11 is 3.35. The van der Waals surface area contributed by atoms with Crippen LogP contribution in [0.5, 0.6) is 0 Å². The van der Waals surface area contributed by atoms with Crippen molar-refractivity contribution < 1.29 is 5.11 Å². The fourth-order valence-electron chi connectivity index (χ4n) is 1.11. The van der Waals surface area contributed by atoms with Crippen molar-refractivity contribution in [2.45, 2.75) is 18.9 Å². The van der Waals surface area contributed by atoms with E-state index in [1.165, 1.54) is 0 Å². The summed E-state index contributed by atoms with van der Waals surface area (Å²) in [7, 11) is 0. The van der Waals surface area contributed by atoms with Crippen molar-refractivity contribution in [1.29, 1.82) is 0 Å². The van der Waals surface area contributed by atoms with Crippen LogP contribution in [0.25, 0.3) is 0 Å². The summed E-state index contributed by atoms with van der Waals surface area (Å²) in [6.45, 7) is 2.03. The fraction of sp³-hybridized carbons (Fsp3) is 0.400. The van der Waals surface area contributed by atoms with E-state index in [9.17, 15) is 5.11 Å². The predicted octanol–water partition coefficient (Wildman–Crippen LogP) is 1.70. The molecule has 3 N–H and O–H groups in total. The van der Waals surface area contributed by atoms with Crippen molar-refractivity contribution >= 4 is 15.9 Å². The number of hydrogen-bond donors (Lipinski definition) is 2. The molecule has 0 aliphatic heterocycles. The summed E-state index contributed by atoms with van der Waals surface area (Å²) in [4.78, 5) is 0. The van der Waals surface area contributed by atoms with Crippen LogP contribution < -0.4 is 5.73 Å². The largest absolute Gasteiger partial charge is 0.389 e. The molecule has 1 rings (SSSR count). The van der Waals surface area contributed by atoms with Gasteiger partial charge >= 0.3 is 0 Å². The van der Waals surface area contributed by atoms with Gasteiger partial charge in [-0.2, -0.15) is 0 Å². The Morgan fingerprint density at radius 3 is 2.38 bits per heavy atom. The lowest BCUT2D eigenvalue weighted by molar-refractivity contribution is 0.0696. The Morgan fingerprint density at radius 1 is 1.38 bits per heavy atom. The quantitative estimate of drug-likeness (QED) is 0.850. The number of rotatable bonds is 3. The molecule has 0 saturated heterocycles. The van der Waals surface area contributed by atoms with Crippen LogP contribution in [-0.4, -0.2) is 17.3 Å². The van der Waals surface area contributed by atoms with Gasteiger partial charge in [-0.25, -0.2) is 0 Å².